The molecule has 1 aliphatic carbocycles. The Morgan fingerprint density at radius 2 is 2.00 bits per heavy atom. The number of ether oxygens (including phenoxy) is 1. The van der Waals surface area contributed by atoms with Crippen molar-refractivity contribution in [1.29, 1.82) is 0 Å². The molecular weight excluding hydrogens is 200 g/mol. The lowest BCUT2D eigenvalue weighted by Gasteiger charge is -2.22. The molecule has 0 aromatic heterocycles. The molecule has 16 heavy (non-hydrogen) atoms. The van der Waals surface area contributed by atoms with Gasteiger partial charge in [0.2, 0.25) is 0 Å². The van der Waals surface area contributed by atoms with E-state index in [0.29, 0.717) is 11.7 Å². The average molecular weight is 222 g/mol. The maximum absolute atomic E-state index is 12.2. The van der Waals surface area contributed by atoms with Crippen molar-refractivity contribution in [3.05, 3.63) is 11.8 Å². The van der Waals surface area contributed by atoms with Crippen molar-refractivity contribution in [2.75, 3.05) is 0 Å². The molecule has 2 rings (SSSR count). The van der Waals surface area contributed by atoms with Gasteiger partial charge >= 0.3 is 0 Å². The molecule has 2 nitrogen and oxygen atoms in total. The Hall–Kier alpha value is -0.790. The van der Waals surface area contributed by atoms with Crippen LogP contribution in [0.3, 0.4) is 0 Å². The van der Waals surface area contributed by atoms with Crippen molar-refractivity contribution in [2.24, 2.45) is 11.8 Å². The van der Waals surface area contributed by atoms with Gasteiger partial charge in [0.05, 0.1) is 12.2 Å². The van der Waals surface area contributed by atoms with E-state index in [4.69, 9.17) is 4.74 Å². The monoisotopic (exact) mass is 222 g/mol. The maximum atomic E-state index is 12.2. The van der Waals surface area contributed by atoms with Crippen molar-refractivity contribution in [2.45, 2.75) is 58.5 Å². The fourth-order valence-corrected chi connectivity index (χ4v) is 2.92. The first-order valence-corrected chi connectivity index (χ1v) is 6.53. The molecule has 2 aliphatic rings. The fourth-order valence-electron chi connectivity index (χ4n) is 2.92. The second-order valence-electron chi connectivity index (χ2n) is 5.43. The van der Waals surface area contributed by atoms with Crippen LogP contribution in [0.15, 0.2) is 11.8 Å². The molecule has 0 spiro atoms. The van der Waals surface area contributed by atoms with E-state index in [1.165, 1.54) is 25.7 Å². The molecule has 0 radical (unpaired) electrons. The zero-order valence-corrected chi connectivity index (χ0v) is 10.4. The Bertz CT molecular complexity index is 293. The highest BCUT2D eigenvalue weighted by molar-refractivity contribution is 5.84. The summed E-state index contributed by atoms with van der Waals surface area (Å²) in [7, 11) is 0. The molecule has 0 bridgehead atoms. The normalized spacial score (nSPS) is 36.2. The van der Waals surface area contributed by atoms with E-state index in [1.807, 2.05) is 6.92 Å². The van der Waals surface area contributed by atoms with Crippen molar-refractivity contribution in [1.82, 2.24) is 0 Å². The number of fused-ring (bicyclic) bond motifs is 1. The summed E-state index contributed by atoms with van der Waals surface area (Å²) in [5.74, 6) is 0.992. The molecule has 3 unspecified atom stereocenters. The minimum atomic E-state index is 0.0561. The van der Waals surface area contributed by atoms with Crippen molar-refractivity contribution in [3.63, 3.8) is 0 Å². The van der Waals surface area contributed by atoms with E-state index in [1.54, 1.807) is 6.26 Å². The molecule has 1 fully saturated rings. The molecule has 3 atom stereocenters. The van der Waals surface area contributed by atoms with Crippen LogP contribution in [0.2, 0.25) is 0 Å². The minimum Gasteiger partial charge on any atom is -0.497 e. The summed E-state index contributed by atoms with van der Waals surface area (Å²) < 4.78 is 5.62. The Balaban J connectivity index is 2.08. The predicted octanol–water partition coefficient (Wildman–Crippen LogP) is 3.46. The van der Waals surface area contributed by atoms with Gasteiger partial charge in [0.15, 0.2) is 0 Å². The Kier molecular flexibility index (Phi) is 3.67. The van der Waals surface area contributed by atoms with Crippen LogP contribution in [-0.4, -0.2) is 11.9 Å². The number of hydrogen-bond acceptors (Lipinski definition) is 2. The molecule has 1 saturated carbocycles. The topological polar surface area (TPSA) is 26.3 Å². The molecule has 0 aromatic carbocycles. The largest absolute Gasteiger partial charge is 0.497 e. The first-order valence-electron chi connectivity index (χ1n) is 6.53. The third-order valence-corrected chi connectivity index (χ3v) is 3.87. The molecule has 0 amide bonds. The van der Waals surface area contributed by atoms with E-state index in [-0.39, 0.29) is 12.0 Å². The summed E-state index contributed by atoms with van der Waals surface area (Å²) in [5.41, 5.74) is 1.13. The number of Topliss-reactive ketones (excluding diaryl/α,β-unsaturated/α-hetero) is 1. The van der Waals surface area contributed by atoms with Crippen LogP contribution in [0.4, 0.5) is 0 Å². The quantitative estimate of drug-likeness (QED) is 0.627. The van der Waals surface area contributed by atoms with Gasteiger partial charge in [-0.15, -0.1) is 0 Å². The van der Waals surface area contributed by atoms with Crippen LogP contribution in [0, 0.1) is 11.8 Å². The van der Waals surface area contributed by atoms with Crippen molar-refractivity contribution < 1.29 is 9.53 Å². The number of rotatable bonds is 0. The summed E-state index contributed by atoms with van der Waals surface area (Å²) in [6.07, 6.45) is 8.65. The van der Waals surface area contributed by atoms with Crippen LogP contribution in [0.1, 0.15) is 52.4 Å². The minimum absolute atomic E-state index is 0.0561. The van der Waals surface area contributed by atoms with Crippen molar-refractivity contribution >= 4 is 5.78 Å². The zero-order valence-electron chi connectivity index (χ0n) is 10.4. The number of carbonyl (C=O) groups is 1. The molecule has 90 valence electrons. The second kappa shape index (κ2) is 5.03. The Morgan fingerprint density at radius 3 is 2.81 bits per heavy atom. The zero-order chi connectivity index (χ0) is 11.5. The molecular formula is C14H22O2. The van der Waals surface area contributed by atoms with E-state index < -0.39 is 0 Å². The second-order valence-corrected chi connectivity index (χ2v) is 5.43. The lowest BCUT2D eigenvalue weighted by atomic mass is 9.83. The average Bonchev–Trinajstić information content (AvgIpc) is 2.59. The van der Waals surface area contributed by atoms with Gasteiger partial charge in [0, 0.05) is 6.42 Å². The molecule has 1 aliphatic heterocycles. The van der Waals surface area contributed by atoms with E-state index in [0.717, 1.165) is 18.4 Å². The highest BCUT2D eigenvalue weighted by Crippen LogP contribution is 2.33. The van der Waals surface area contributed by atoms with Gasteiger partial charge in [-0.1, -0.05) is 26.2 Å². The van der Waals surface area contributed by atoms with Gasteiger partial charge in [-0.3, -0.25) is 4.79 Å². The maximum Gasteiger partial charge on any atom is 0.144 e. The molecule has 0 saturated heterocycles. The third-order valence-electron chi connectivity index (χ3n) is 3.87. The Morgan fingerprint density at radius 1 is 1.25 bits per heavy atom. The van der Waals surface area contributed by atoms with E-state index in [9.17, 15) is 4.79 Å². The van der Waals surface area contributed by atoms with Crippen LogP contribution in [-0.2, 0) is 9.53 Å². The van der Waals surface area contributed by atoms with Crippen LogP contribution in [0.25, 0.3) is 0 Å². The van der Waals surface area contributed by atoms with Crippen LogP contribution >= 0.6 is 0 Å². The highest BCUT2D eigenvalue weighted by atomic mass is 16.5. The third kappa shape index (κ3) is 2.47. The summed E-state index contributed by atoms with van der Waals surface area (Å²) in [6, 6.07) is 0. The number of hydrogen-bond donors (Lipinski definition) is 0. The number of ketones is 1. The van der Waals surface area contributed by atoms with Crippen molar-refractivity contribution in [3.8, 4) is 0 Å². The van der Waals surface area contributed by atoms with Crippen LogP contribution in [0.5, 0.6) is 0 Å². The lowest BCUT2D eigenvalue weighted by Crippen LogP contribution is -2.28. The van der Waals surface area contributed by atoms with Gasteiger partial charge in [-0.2, -0.15) is 0 Å². The lowest BCUT2D eigenvalue weighted by molar-refractivity contribution is -0.125. The summed E-state index contributed by atoms with van der Waals surface area (Å²) in [5, 5.41) is 0. The smallest absolute Gasteiger partial charge is 0.144 e. The van der Waals surface area contributed by atoms with Gasteiger partial charge in [-0.05, 0) is 31.3 Å². The molecule has 0 aromatic rings. The van der Waals surface area contributed by atoms with Gasteiger partial charge in [0.1, 0.15) is 11.9 Å². The standard InChI is InChI=1S/C14H22O2/c1-10-6-4-3-5-7-13-14(12(15)8-10)11(2)9-16-13/h9-10,13-14H,3-8H2,1-2H3. The summed E-state index contributed by atoms with van der Waals surface area (Å²) in [4.78, 5) is 12.2. The summed E-state index contributed by atoms with van der Waals surface area (Å²) >= 11 is 0. The first kappa shape index (κ1) is 11.7. The van der Waals surface area contributed by atoms with E-state index >= 15 is 0 Å². The van der Waals surface area contributed by atoms with Gasteiger partial charge < -0.3 is 4.74 Å². The molecule has 0 N–H and O–H groups in total. The molecule has 1 heterocycles. The fraction of sp³-hybridized carbons (Fsp3) is 0.786. The van der Waals surface area contributed by atoms with Crippen LogP contribution < -0.4 is 0 Å². The Labute approximate surface area is 98.1 Å². The van der Waals surface area contributed by atoms with Gasteiger partial charge in [-0.25, -0.2) is 0 Å². The predicted molar refractivity (Wildman–Crippen MR) is 64.0 cm³/mol. The molecule has 2 heteroatoms. The van der Waals surface area contributed by atoms with E-state index in [2.05, 4.69) is 6.92 Å². The highest BCUT2D eigenvalue weighted by Gasteiger charge is 2.35. The summed E-state index contributed by atoms with van der Waals surface area (Å²) in [6.45, 7) is 4.22. The first-order chi connectivity index (χ1) is 7.68. The van der Waals surface area contributed by atoms with Gasteiger partial charge in [0.25, 0.3) is 0 Å². The SMILES string of the molecule is CC1=COC2CCCCCC(C)CC(=O)C12. The number of carbonyl (C=O) groups excluding carboxylic acids is 1.